The number of rotatable bonds is 4. The number of H-pyrrole nitrogens is 1. The summed E-state index contributed by atoms with van der Waals surface area (Å²) >= 11 is 0. The molecule has 10 rings (SSSR count). The molecule has 4 heterocycles. The quantitative estimate of drug-likeness (QED) is 0.197. The van der Waals surface area contributed by atoms with Crippen LogP contribution in [0.1, 0.15) is 52.7 Å². The molecule has 0 saturated carbocycles. The Kier molecular flexibility index (Phi) is 7.24. The summed E-state index contributed by atoms with van der Waals surface area (Å²) < 4.78 is 8.73. The summed E-state index contributed by atoms with van der Waals surface area (Å²) in [5, 5.41) is 4.61. The highest BCUT2D eigenvalue weighted by molar-refractivity contribution is 6.13. The highest BCUT2D eigenvalue weighted by atomic mass is 16.3. The maximum absolute atomic E-state index is 6.40. The maximum Gasteiger partial charge on any atom is 0.161 e. The second-order valence-corrected chi connectivity index (χ2v) is 16.8. The molecule has 1 N–H and O–H groups in total. The fourth-order valence-electron chi connectivity index (χ4n) is 8.12. The Bertz CT molecular complexity index is 3110. The molecule has 0 aliphatic heterocycles. The Morgan fingerprint density at radius 1 is 0.582 bits per heavy atom. The van der Waals surface area contributed by atoms with E-state index in [4.69, 9.17) is 14.4 Å². The van der Waals surface area contributed by atoms with E-state index in [9.17, 15) is 0 Å². The predicted octanol–water partition coefficient (Wildman–Crippen LogP) is 13.6. The Hall–Kier alpha value is -6.46. The first-order valence-corrected chi connectivity index (χ1v) is 19.1. The molecule has 55 heavy (non-hydrogen) atoms. The van der Waals surface area contributed by atoms with E-state index in [0.29, 0.717) is 0 Å². The Labute approximate surface area is 320 Å². The molecule has 0 spiro atoms. The van der Waals surface area contributed by atoms with Gasteiger partial charge in [-0.3, -0.25) is 9.55 Å². The van der Waals surface area contributed by atoms with Gasteiger partial charge in [-0.2, -0.15) is 0 Å². The van der Waals surface area contributed by atoms with Crippen LogP contribution in [0, 0.1) is 0 Å². The topological polar surface area (TPSA) is 59.6 Å². The lowest BCUT2D eigenvalue weighted by Crippen LogP contribution is -2.11. The van der Waals surface area contributed by atoms with Gasteiger partial charge >= 0.3 is 0 Å². The third-order valence-electron chi connectivity index (χ3n) is 11.1. The molecule has 0 saturated heterocycles. The average Bonchev–Trinajstić information content (AvgIpc) is 3.88. The van der Waals surface area contributed by atoms with Gasteiger partial charge in [-0.05, 0) is 88.2 Å². The van der Waals surface area contributed by atoms with E-state index < -0.39 is 0 Å². The van der Waals surface area contributed by atoms with Crippen LogP contribution in [0.4, 0.5) is 0 Å². The number of para-hydroxylation sites is 3. The highest BCUT2D eigenvalue weighted by Gasteiger charge is 2.25. The molecule has 0 fully saturated rings. The van der Waals surface area contributed by atoms with Crippen molar-refractivity contribution < 1.29 is 4.42 Å². The number of benzene rings is 6. The van der Waals surface area contributed by atoms with Gasteiger partial charge in [0.2, 0.25) is 0 Å². The minimum atomic E-state index is -0.0832. The molecule has 0 aliphatic rings. The van der Waals surface area contributed by atoms with Crippen LogP contribution in [0.2, 0.25) is 0 Å². The number of hydrogen-bond donors (Lipinski definition) is 1. The van der Waals surface area contributed by atoms with Gasteiger partial charge in [-0.15, -0.1) is 0 Å². The van der Waals surface area contributed by atoms with Crippen LogP contribution >= 0.6 is 0 Å². The van der Waals surface area contributed by atoms with E-state index >= 15 is 0 Å². The predicted molar refractivity (Wildman–Crippen MR) is 229 cm³/mol. The van der Waals surface area contributed by atoms with Crippen LogP contribution < -0.4 is 0 Å². The Morgan fingerprint density at radius 3 is 2.15 bits per heavy atom. The molecule has 0 unspecified atom stereocenters. The molecule has 0 amide bonds. The van der Waals surface area contributed by atoms with Crippen molar-refractivity contribution in [3.05, 3.63) is 151 Å². The third kappa shape index (κ3) is 5.37. The zero-order valence-electron chi connectivity index (χ0n) is 32.0. The third-order valence-corrected chi connectivity index (χ3v) is 11.1. The minimum Gasteiger partial charge on any atom is -0.454 e. The first-order chi connectivity index (χ1) is 26.5. The molecular formula is C50H42N4O. The number of furan rings is 1. The van der Waals surface area contributed by atoms with Gasteiger partial charge in [0.05, 0.1) is 16.6 Å². The second-order valence-electron chi connectivity index (χ2n) is 16.8. The smallest absolute Gasteiger partial charge is 0.161 e. The van der Waals surface area contributed by atoms with Gasteiger partial charge in [0.15, 0.2) is 5.58 Å². The van der Waals surface area contributed by atoms with Crippen molar-refractivity contribution in [2.45, 2.75) is 52.4 Å². The van der Waals surface area contributed by atoms with Crippen molar-refractivity contribution in [3.8, 4) is 39.5 Å². The summed E-state index contributed by atoms with van der Waals surface area (Å²) in [4.78, 5) is 14.3. The largest absolute Gasteiger partial charge is 0.454 e. The molecule has 0 atom stereocenters. The first kappa shape index (κ1) is 33.1. The van der Waals surface area contributed by atoms with Crippen molar-refractivity contribution in [2.75, 3.05) is 0 Å². The summed E-state index contributed by atoms with van der Waals surface area (Å²) in [6.45, 7) is 13.7. The van der Waals surface area contributed by atoms with Gasteiger partial charge in [0.25, 0.3) is 0 Å². The summed E-state index contributed by atoms with van der Waals surface area (Å²) in [5.41, 5.74) is 14.5. The molecule has 0 bridgehead atoms. The van der Waals surface area contributed by atoms with Crippen LogP contribution in [0.5, 0.6) is 0 Å². The van der Waals surface area contributed by atoms with Crippen LogP contribution in [0.25, 0.3) is 94.2 Å². The number of nitrogens with one attached hydrogen (secondary N) is 1. The zero-order chi connectivity index (χ0) is 37.6. The van der Waals surface area contributed by atoms with Gasteiger partial charge < -0.3 is 9.40 Å². The van der Waals surface area contributed by atoms with Crippen molar-refractivity contribution in [1.29, 1.82) is 0 Å². The summed E-state index contributed by atoms with van der Waals surface area (Å²) in [6.07, 6.45) is 1.88. The lowest BCUT2D eigenvalue weighted by Gasteiger charge is -2.21. The number of imidazole rings is 1. The molecular weight excluding hydrogens is 673 g/mol. The molecule has 268 valence electrons. The molecule has 5 heteroatoms. The van der Waals surface area contributed by atoms with E-state index in [1.54, 1.807) is 0 Å². The first-order valence-electron chi connectivity index (χ1n) is 19.1. The summed E-state index contributed by atoms with van der Waals surface area (Å²) in [6, 6.07) is 47.5. The molecule has 5 nitrogen and oxygen atoms in total. The lowest BCUT2D eigenvalue weighted by molar-refractivity contribution is 0.590. The normalized spacial score (nSPS) is 12.5. The zero-order valence-corrected chi connectivity index (χ0v) is 32.0. The van der Waals surface area contributed by atoms with E-state index in [0.717, 1.165) is 83.5 Å². The van der Waals surface area contributed by atoms with Crippen molar-refractivity contribution in [2.24, 2.45) is 0 Å². The number of hydrogen-bond acceptors (Lipinski definition) is 3. The maximum atomic E-state index is 6.40. The van der Waals surface area contributed by atoms with Crippen molar-refractivity contribution in [3.63, 3.8) is 0 Å². The molecule has 4 aromatic heterocycles. The Morgan fingerprint density at radius 2 is 1.33 bits per heavy atom. The van der Waals surface area contributed by atoms with Crippen LogP contribution in [-0.4, -0.2) is 19.5 Å². The summed E-state index contributed by atoms with van der Waals surface area (Å²) in [7, 11) is 0. The molecule has 0 aliphatic carbocycles. The van der Waals surface area contributed by atoms with Gasteiger partial charge in [0.1, 0.15) is 17.1 Å². The standard InChI is InChI=1S/C50H42N4O/c1-49(2,3)32-22-23-41-38(27-32)39-28-33(50(4,5)6)29-40(45(39)52-41)48-53-46-35(19-13-20-42(46)54(48)34-16-8-7-9-17-34)30-14-12-15-31(26-30)44-47-37(24-25-51-44)36-18-10-11-21-43(36)55-47/h7-29,52H,1-6H3. The second kappa shape index (κ2) is 12.0. The lowest BCUT2D eigenvalue weighted by atomic mass is 9.84. The fraction of sp³-hybridized carbons (Fsp3) is 0.160. The van der Waals surface area contributed by atoms with E-state index in [1.807, 2.05) is 30.5 Å². The molecule has 6 aromatic carbocycles. The minimum absolute atomic E-state index is 0.0336. The van der Waals surface area contributed by atoms with Crippen LogP contribution in [-0.2, 0) is 10.8 Å². The fourth-order valence-corrected chi connectivity index (χ4v) is 8.12. The van der Waals surface area contributed by atoms with E-state index in [-0.39, 0.29) is 10.8 Å². The average molecular weight is 715 g/mol. The van der Waals surface area contributed by atoms with Crippen molar-refractivity contribution >= 4 is 54.8 Å². The number of aromatic amines is 1. The van der Waals surface area contributed by atoms with Crippen molar-refractivity contribution in [1.82, 2.24) is 19.5 Å². The van der Waals surface area contributed by atoms with Crippen LogP contribution in [0.3, 0.4) is 0 Å². The number of aromatic nitrogens is 4. The SMILES string of the molecule is CC(C)(C)c1ccc2[nH]c3c(-c4nc5c(-c6cccc(-c7nccc8c7oc7ccccc78)c6)cccc5n4-c4ccccc4)cc(C(C)(C)C)cc3c2c1. The number of nitrogens with zero attached hydrogens (tertiary/aromatic N) is 3. The monoisotopic (exact) mass is 714 g/mol. The highest BCUT2D eigenvalue weighted by Crippen LogP contribution is 2.42. The van der Waals surface area contributed by atoms with E-state index in [2.05, 4.69) is 160 Å². The van der Waals surface area contributed by atoms with Gasteiger partial charge in [0, 0.05) is 55.6 Å². The Balaban J connectivity index is 1.23. The van der Waals surface area contributed by atoms with Gasteiger partial charge in [-0.1, -0.05) is 114 Å². The van der Waals surface area contributed by atoms with E-state index in [1.165, 1.54) is 21.9 Å². The number of fused-ring (bicyclic) bond motifs is 7. The number of pyridine rings is 1. The molecule has 0 radical (unpaired) electrons. The summed E-state index contributed by atoms with van der Waals surface area (Å²) in [5.74, 6) is 0.900. The molecule has 10 aromatic rings. The van der Waals surface area contributed by atoms with Crippen LogP contribution in [0.15, 0.2) is 144 Å². The van der Waals surface area contributed by atoms with Gasteiger partial charge in [-0.25, -0.2) is 4.98 Å².